The molecule has 4 fully saturated rings. The van der Waals surface area contributed by atoms with Crippen molar-refractivity contribution < 1.29 is 42.5 Å². The number of carbonyl (C=O) groups is 3. The van der Waals surface area contributed by atoms with Crippen LogP contribution in [-0.2, 0) is 37.7 Å². The van der Waals surface area contributed by atoms with E-state index in [2.05, 4.69) is 52.9 Å². The number of methoxy groups -OCH3 is 1. The van der Waals surface area contributed by atoms with Crippen LogP contribution in [0.5, 0.6) is 0 Å². The molecule has 1 amide bonds. The van der Waals surface area contributed by atoms with E-state index in [1.54, 1.807) is 12.0 Å². The first kappa shape index (κ1) is 33.3. The molecule has 2 saturated carbocycles. The van der Waals surface area contributed by atoms with Gasteiger partial charge in [-0.3, -0.25) is 9.59 Å². The van der Waals surface area contributed by atoms with Crippen LogP contribution in [0.1, 0.15) is 67.7 Å². The lowest BCUT2D eigenvalue weighted by molar-refractivity contribution is -0.225. The predicted octanol–water partition coefficient (Wildman–Crippen LogP) is 5.27. The second-order valence-corrected chi connectivity index (χ2v) is 22.0. The van der Waals surface area contributed by atoms with E-state index in [9.17, 15) is 14.4 Å². The van der Waals surface area contributed by atoms with E-state index in [4.69, 9.17) is 28.1 Å². The lowest BCUT2D eigenvalue weighted by atomic mass is 9.48. The molecule has 7 aliphatic rings. The van der Waals surface area contributed by atoms with Gasteiger partial charge >= 0.3 is 6.09 Å². The minimum Gasteiger partial charge on any atom is -0.444 e. The van der Waals surface area contributed by atoms with Crippen LogP contribution in [-0.4, -0.2) is 99.6 Å². The molecule has 0 N–H and O–H groups in total. The normalized spacial score (nSPS) is 40.9. The number of carbonyl (C=O) groups excluding carboxylic acids is 3. The van der Waals surface area contributed by atoms with Crippen molar-refractivity contribution in [2.45, 2.75) is 121 Å². The summed E-state index contributed by atoms with van der Waals surface area (Å²) in [4.78, 5) is 43.2. The van der Waals surface area contributed by atoms with E-state index in [1.807, 2.05) is 20.8 Å². The average molecular weight is 670 g/mol. The molecule has 0 aromatic rings. The summed E-state index contributed by atoms with van der Waals surface area (Å²) < 4.78 is 39.2. The minimum atomic E-state index is -2.23. The van der Waals surface area contributed by atoms with Crippen molar-refractivity contribution in [1.82, 2.24) is 4.90 Å². The van der Waals surface area contributed by atoms with Gasteiger partial charge in [-0.1, -0.05) is 26.8 Å². The van der Waals surface area contributed by atoms with Crippen LogP contribution in [0.2, 0.25) is 18.1 Å². The molecular formula is C36H51NO9Si. The summed E-state index contributed by atoms with van der Waals surface area (Å²) in [5.41, 5.74) is -3.68. The highest BCUT2D eigenvalue weighted by Crippen LogP contribution is 2.87. The molecule has 8 atom stereocenters. The van der Waals surface area contributed by atoms with Crippen molar-refractivity contribution >= 4 is 26.0 Å². The Balaban J connectivity index is 1.40. The highest BCUT2D eigenvalue weighted by molar-refractivity contribution is 6.74. The van der Waals surface area contributed by atoms with Crippen LogP contribution >= 0.6 is 0 Å². The zero-order chi connectivity index (χ0) is 34.2. The number of fused-ring (bicyclic) bond motifs is 1. The number of amides is 1. The van der Waals surface area contributed by atoms with E-state index in [1.165, 1.54) is 12.2 Å². The second kappa shape index (κ2) is 9.97. The lowest BCUT2D eigenvalue weighted by Gasteiger charge is -2.61. The van der Waals surface area contributed by atoms with Crippen molar-refractivity contribution in [3.05, 3.63) is 35.5 Å². The number of rotatable bonds is 6. The van der Waals surface area contributed by atoms with Gasteiger partial charge in [0.05, 0.1) is 35.7 Å². The fraction of sp³-hybridized carbons (Fsp3) is 0.750. The van der Waals surface area contributed by atoms with Crippen molar-refractivity contribution in [1.29, 1.82) is 0 Å². The highest BCUT2D eigenvalue weighted by Gasteiger charge is 2.96. The van der Waals surface area contributed by atoms with Gasteiger partial charge in [-0.2, -0.15) is 0 Å². The molecule has 47 heavy (non-hydrogen) atoms. The zero-order valence-electron chi connectivity index (χ0n) is 29.6. The Bertz CT molecular complexity index is 1520. The van der Waals surface area contributed by atoms with Gasteiger partial charge in [-0.25, -0.2) is 4.79 Å². The SMILES string of the molecule is COCO[C@@H]1C[C@@]23CN(C(=O)OC(C)(C)C)CCO[C@@]2(CC=C3[C@@H](C)O[Si](C)(C)C(C)(C)C)C2=C[C@H]3O[C@]21[C@@]12CC31C(=O)C=CC2=O. The first-order valence-corrected chi connectivity index (χ1v) is 20.0. The van der Waals surface area contributed by atoms with Crippen molar-refractivity contribution in [2.75, 3.05) is 33.6 Å². The van der Waals surface area contributed by atoms with Gasteiger partial charge < -0.3 is 33.0 Å². The summed E-state index contributed by atoms with van der Waals surface area (Å²) in [6.45, 7) is 19.8. The minimum absolute atomic E-state index is 0.0186. The summed E-state index contributed by atoms with van der Waals surface area (Å²) in [6.07, 6.45) is 6.57. The zero-order valence-corrected chi connectivity index (χ0v) is 30.6. The molecule has 0 radical (unpaired) electrons. The first-order valence-electron chi connectivity index (χ1n) is 17.1. The molecule has 10 nitrogen and oxygen atoms in total. The Morgan fingerprint density at radius 3 is 2.49 bits per heavy atom. The molecule has 3 heterocycles. The molecule has 7 rings (SSSR count). The molecule has 0 aromatic heterocycles. The van der Waals surface area contributed by atoms with Gasteiger partial charge in [-0.05, 0) is 94.5 Å². The van der Waals surface area contributed by atoms with Crippen LogP contribution in [0.4, 0.5) is 4.79 Å². The number of nitrogens with zero attached hydrogens (tertiary/aromatic N) is 1. The molecule has 4 aliphatic carbocycles. The second-order valence-electron chi connectivity index (χ2n) is 17.3. The number of ketones is 2. The topological polar surface area (TPSA) is 110 Å². The van der Waals surface area contributed by atoms with Crippen LogP contribution in [0.15, 0.2) is 35.5 Å². The van der Waals surface area contributed by atoms with E-state index in [-0.39, 0.29) is 36.1 Å². The largest absolute Gasteiger partial charge is 0.444 e. The summed E-state index contributed by atoms with van der Waals surface area (Å²) >= 11 is 0. The summed E-state index contributed by atoms with van der Waals surface area (Å²) in [7, 11) is -0.661. The Hall–Kier alpha value is -2.15. The van der Waals surface area contributed by atoms with Gasteiger partial charge in [0.2, 0.25) is 0 Å². The fourth-order valence-electron chi connectivity index (χ4n) is 9.98. The van der Waals surface area contributed by atoms with Crippen molar-refractivity contribution in [3.63, 3.8) is 0 Å². The Morgan fingerprint density at radius 1 is 1.13 bits per heavy atom. The van der Waals surface area contributed by atoms with E-state index >= 15 is 0 Å². The molecule has 3 aliphatic heterocycles. The molecule has 0 aromatic carbocycles. The molecule has 258 valence electrons. The predicted molar refractivity (Wildman–Crippen MR) is 175 cm³/mol. The third-order valence-corrected chi connectivity index (χ3v) is 17.4. The molecule has 11 heteroatoms. The van der Waals surface area contributed by atoms with Gasteiger partial charge in [0.15, 0.2) is 19.9 Å². The molecule has 1 spiro atoms. The maximum Gasteiger partial charge on any atom is 0.410 e. The molecular weight excluding hydrogens is 618 g/mol. The van der Waals surface area contributed by atoms with Crippen LogP contribution < -0.4 is 0 Å². The third-order valence-electron chi connectivity index (χ3n) is 12.9. The van der Waals surface area contributed by atoms with Gasteiger partial charge in [0, 0.05) is 25.6 Å². The number of hydrogen-bond donors (Lipinski definition) is 0. The monoisotopic (exact) mass is 669 g/mol. The number of hydrogen-bond acceptors (Lipinski definition) is 9. The number of allylic oxidation sites excluding steroid dienone is 2. The molecule has 2 bridgehead atoms. The van der Waals surface area contributed by atoms with Crippen LogP contribution in [0.3, 0.4) is 0 Å². The van der Waals surface area contributed by atoms with E-state index in [0.29, 0.717) is 32.4 Å². The third kappa shape index (κ3) is 3.98. The standard InChI is InChI=1S/C36H51NO9Si/c1-22(46-47(9,10)31(5,6)7)23-13-14-35-24-17-27-33-19-34(33,26(39)12-11-25(33)38)36(24,44-27)28(42-21-41-8)18-32(23,35)20-37(15-16-43-35)29(40)45-30(2,3)4/h11-13,17,22,27-28H,14-16,18-21H2,1-10H3/t22-,27-,28-,32+,33?,34-,35+,36-/m1/s1. The molecule has 1 unspecified atom stereocenters. The first-order chi connectivity index (χ1) is 21.8. The summed E-state index contributed by atoms with van der Waals surface area (Å²) in [6, 6.07) is 0. The van der Waals surface area contributed by atoms with Crippen molar-refractivity contribution in [2.24, 2.45) is 16.2 Å². The fourth-order valence-corrected chi connectivity index (χ4v) is 11.3. The summed E-state index contributed by atoms with van der Waals surface area (Å²) in [5.74, 6) is -0.154. The molecule has 2 saturated heterocycles. The van der Waals surface area contributed by atoms with Gasteiger partial charge in [0.1, 0.15) is 23.6 Å². The maximum absolute atomic E-state index is 14.1. The Morgan fingerprint density at radius 2 is 1.83 bits per heavy atom. The number of ether oxygens (including phenoxy) is 5. The van der Waals surface area contributed by atoms with Gasteiger partial charge in [-0.15, -0.1) is 0 Å². The van der Waals surface area contributed by atoms with Crippen molar-refractivity contribution in [3.8, 4) is 0 Å². The quantitative estimate of drug-likeness (QED) is 0.212. The Labute approximate surface area is 279 Å². The highest BCUT2D eigenvalue weighted by atomic mass is 28.4. The average Bonchev–Trinajstić information content (AvgIpc) is 3.38. The van der Waals surface area contributed by atoms with Crippen LogP contribution in [0.25, 0.3) is 0 Å². The maximum atomic E-state index is 14.1. The van der Waals surface area contributed by atoms with E-state index in [0.717, 1.165) is 11.1 Å². The van der Waals surface area contributed by atoms with E-state index < -0.39 is 59.7 Å². The van der Waals surface area contributed by atoms with Crippen LogP contribution in [0, 0.1) is 16.2 Å². The summed E-state index contributed by atoms with van der Waals surface area (Å²) in [5, 5.41) is -0.0186. The van der Waals surface area contributed by atoms with Gasteiger partial charge in [0.25, 0.3) is 0 Å². The lowest BCUT2D eigenvalue weighted by Crippen LogP contribution is -2.71. The Kier molecular flexibility index (Phi) is 7.08. The smallest absolute Gasteiger partial charge is 0.410 e.